The lowest BCUT2D eigenvalue weighted by atomic mass is 10.2. The van der Waals surface area contributed by atoms with Crippen LogP contribution in [-0.4, -0.2) is 14.7 Å². The number of nitrogens with zero attached hydrogens (tertiary/aromatic N) is 3. The van der Waals surface area contributed by atoms with Gasteiger partial charge < -0.3 is 14.8 Å². The summed E-state index contributed by atoms with van der Waals surface area (Å²) in [5.74, 6) is 1.04. The Morgan fingerprint density at radius 1 is 1.33 bits per heavy atom. The summed E-state index contributed by atoms with van der Waals surface area (Å²) < 4.78 is 7.19. The zero-order valence-electron chi connectivity index (χ0n) is 10.3. The average molecular weight is 242 g/mol. The van der Waals surface area contributed by atoms with Crippen molar-refractivity contribution in [2.75, 3.05) is 0 Å². The first-order chi connectivity index (χ1) is 8.66. The number of aromatic nitrogens is 3. The molecular weight excluding hydrogens is 228 g/mol. The maximum Gasteiger partial charge on any atom is 0.243 e. The molecule has 3 rings (SSSR count). The Kier molecular flexibility index (Phi) is 2.41. The third-order valence-electron chi connectivity index (χ3n) is 2.97. The van der Waals surface area contributed by atoms with Crippen molar-refractivity contribution in [1.82, 2.24) is 14.7 Å². The predicted octanol–water partition coefficient (Wildman–Crippen LogP) is 2.25. The van der Waals surface area contributed by atoms with Gasteiger partial charge >= 0.3 is 0 Å². The second-order valence-electron chi connectivity index (χ2n) is 4.42. The van der Waals surface area contributed by atoms with Crippen molar-refractivity contribution in [3.8, 4) is 11.4 Å². The summed E-state index contributed by atoms with van der Waals surface area (Å²) in [5, 5.41) is 5.10. The Morgan fingerprint density at radius 3 is 2.83 bits per heavy atom. The molecule has 92 valence electrons. The first kappa shape index (κ1) is 11.0. The van der Waals surface area contributed by atoms with E-state index in [4.69, 9.17) is 10.3 Å². The minimum atomic E-state index is -0.249. The molecule has 0 aliphatic carbocycles. The second-order valence-corrected chi connectivity index (χ2v) is 4.42. The fraction of sp³-hybridized carbons (Fsp3) is 0.231. The van der Waals surface area contributed by atoms with Crippen LogP contribution in [0.1, 0.15) is 18.9 Å². The molecule has 3 aromatic rings. The van der Waals surface area contributed by atoms with E-state index >= 15 is 0 Å². The van der Waals surface area contributed by atoms with Gasteiger partial charge in [0.2, 0.25) is 11.7 Å². The van der Waals surface area contributed by atoms with Gasteiger partial charge in [-0.3, -0.25) is 0 Å². The predicted molar refractivity (Wildman–Crippen MR) is 68.8 cm³/mol. The van der Waals surface area contributed by atoms with Gasteiger partial charge in [-0.15, -0.1) is 0 Å². The SMILES string of the molecule is CC(N)c1nc(-c2cn(C)c3ccccc23)no1. The van der Waals surface area contributed by atoms with Crippen molar-refractivity contribution in [2.24, 2.45) is 12.8 Å². The smallest absolute Gasteiger partial charge is 0.243 e. The van der Waals surface area contributed by atoms with E-state index in [2.05, 4.69) is 16.2 Å². The van der Waals surface area contributed by atoms with Crippen molar-refractivity contribution >= 4 is 10.9 Å². The fourth-order valence-corrected chi connectivity index (χ4v) is 2.05. The number of benzene rings is 1. The Bertz CT molecular complexity index is 696. The molecule has 0 radical (unpaired) electrons. The van der Waals surface area contributed by atoms with Crippen molar-refractivity contribution in [2.45, 2.75) is 13.0 Å². The van der Waals surface area contributed by atoms with Gasteiger partial charge in [-0.2, -0.15) is 4.98 Å². The lowest BCUT2D eigenvalue weighted by Gasteiger charge is -1.93. The van der Waals surface area contributed by atoms with Crippen LogP contribution in [0.2, 0.25) is 0 Å². The lowest BCUT2D eigenvalue weighted by molar-refractivity contribution is 0.362. The summed E-state index contributed by atoms with van der Waals surface area (Å²) in [5.41, 5.74) is 7.82. The highest BCUT2D eigenvalue weighted by atomic mass is 16.5. The van der Waals surface area contributed by atoms with E-state index in [1.807, 2.05) is 42.9 Å². The van der Waals surface area contributed by atoms with Crippen molar-refractivity contribution < 1.29 is 4.52 Å². The van der Waals surface area contributed by atoms with E-state index in [0.717, 1.165) is 16.5 Å². The van der Waals surface area contributed by atoms with E-state index in [1.165, 1.54) is 0 Å². The van der Waals surface area contributed by atoms with E-state index in [9.17, 15) is 0 Å². The first-order valence-electron chi connectivity index (χ1n) is 5.80. The van der Waals surface area contributed by atoms with Crippen LogP contribution in [-0.2, 0) is 7.05 Å². The molecule has 1 aromatic carbocycles. The van der Waals surface area contributed by atoms with Gasteiger partial charge in [0.25, 0.3) is 0 Å². The van der Waals surface area contributed by atoms with Gasteiger partial charge in [-0.05, 0) is 13.0 Å². The maximum absolute atomic E-state index is 5.72. The summed E-state index contributed by atoms with van der Waals surface area (Å²) >= 11 is 0. The molecular formula is C13H14N4O. The van der Waals surface area contributed by atoms with E-state index in [0.29, 0.717) is 11.7 Å². The highest BCUT2D eigenvalue weighted by Gasteiger charge is 2.15. The molecule has 0 saturated carbocycles. The van der Waals surface area contributed by atoms with Gasteiger partial charge in [-0.1, -0.05) is 23.4 Å². The number of nitrogens with two attached hydrogens (primary N) is 1. The molecule has 1 atom stereocenters. The van der Waals surface area contributed by atoms with Crippen LogP contribution in [0.3, 0.4) is 0 Å². The third-order valence-corrected chi connectivity index (χ3v) is 2.97. The molecule has 0 spiro atoms. The quantitative estimate of drug-likeness (QED) is 0.748. The maximum atomic E-state index is 5.72. The largest absolute Gasteiger partial charge is 0.350 e. The van der Waals surface area contributed by atoms with Crippen molar-refractivity contribution in [1.29, 1.82) is 0 Å². The summed E-state index contributed by atoms with van der Waals surface area (Å²) in [6.45, 7) is 1.82. The molecule has 0 fully saturated rings. The topological polar surface area (TPSA) is 69.9 Å². The normalized spacial score (nSPS) is 13.1. The molecule has 2 heterocycles. The van der Waals surface area contributed by atoms with Gasteiger partial charge in [0.05, 0.1) is 6.04 Å². The minimum Gasteiger partial charge on any atom is -0.350 e. The second kappa shape index (κ2) is 3.96. The van der Waals surface area contributed by atoms with E-state index in [1.54, 1.807) is 0 Å². The van der Waals surface area contributed by atoms with Gasteiger partial charge in [0.1, 0.15) is 0 Å². The molecule has 0 aliphatic rings. The standard InChI is InChI=1S/C13H14N4O/c1-8(14)13-15-12(16-18-13)10-7-17(2)11-6-4-3-5-9(10)11/h3-8H,14H2,1-2H3. The van der Waals surface area contributed by atoms with Gasteiger partial charge in [0, 0.05) is 29.7 Å². The molecule has 5 heteroatoms. The van der Waals surface area contributed by atoms with Crippen LogP contribution in [0.15, 0.2) is 35.0 Å². The number of hydrogen-bond donors (Lipinski definition) is 1. The molecule has 5 nitrogen and oxygen atoms in total. The van der Waals surface area contributed by atoms with Gasteiger partial charge in [0.15, 0.2) is 0 Å². The highest BCUT2D eigenvalue weighted by Crippen LogP contribution is 2.28. The summed E-state index contributed by atoms with van der Waals surface area (Å²) in [7, 11) is 2.00. The number of aryl methyl sites for hydroxylation is 1. The van der Waals surface area contributed by atoms with E-state index in [-0.39, 0.29) is 6.04 Å². The van der Waals surface area contributed by atoms with E-state index < -0.39 is 0 Å². The molecule has 0 saturated heterocycles. The van der Waals surface area contributed by atoms with Crippen LogP contribution in [0, 0.1) is 0 Å². The van der Waals surface area contributed by atoms with Crippen LogP contribution in [0.4, 0.5) is 0 Å². The zero-order valence-corrected chi connectivity index (χ0v) is 10.3. The van der Waals surface area contributed by atoms with Crippen LogP contribution >= 0.6 is 0 Å². The highest BCUT2D eigenvalue weighted by molar-refractivity contribution is 5.94. The third kappa shape index (κ3) is 1.60. The minimum absolute atomic E-state index is 0.249. The van der Waals surface area contributed by atoms with Crippen LogP contribution < -0.4 is 5.73 Å². The Labute approximate surface area is 104 Å². The number of hydrogen-bond acceptors (Lipinski definition) is 4. The number of rotatable bonds is 2. The number of para-hydroxylation sites is 1. The summed E-state index contributed by atoms with van der Waals surface area (Å²) in [4.78, 5) is 4.33. The molecule has 2 aromatic heterocycles. The van der Waals surface area contributed by atoms with Crippen molar-refractivity contribution in [3.05, 3.63) is 36.4 Å². The molecule has 0 aliphatic heterocycles. The molecule has 18 heavy (non-hydrogen) atoms. The van der Waals surface area contributed by atoms with Crippen LogP contribution in [0.5, 0.6) is 0 Å². The van der Waals surface area contributed by atoms with Gasteiger partial charge in [-0.25, -0.2) is 0 Å². The average Bonchev–Trinajstić information content (AvgIpc) is 2.95. The Morgan fingerprint density at radius 2 is 2.11 bits per heavy atom. The molecule has 0 amide bonds. The Hall–Kier alpha value is -2.14. The monoisotopic (exact) mass is 242 g/mol. The fourth-order valence-electron chi connectivity index (χ4n) is 2.05. The summed E-state index contributed by atoms with van der Waals surface area (Å²) in [6, 6.07) is 7.87. The van der Waals surface area contributed by atoms with Crippen molar-refractivity contribution in [3.63, 3.8) is 0 Å². The molecule has 1 unspecified atom stereocenters. The lowest BCUT2D eigenvalue weighted by Crippen LogP contribution is -2.04. The first-order valence-corrected chi connectivity index (χ1v) is 5.80. The molecule has 2 N–H and O–H groups in total. The summed E-state index contributed by atoms with van der Waals surface area (Å²) in [6.07, 6.45) is 2.00. The molecule has 0 bridgehead atoms. The Balaban J connectivity index is 2.19. The number of fused-ring (bicyclic) bond motifs is 1. The zero-order chi connectivity index (χ0) is 12.7. The van der Waals surface area contributed by atoms with Crippen LogP contribution in [0.25, 0.3) is 22.3 Å².